The molecule has 2 N–H and O–H groups in total. The van der Waals surface area contributed by atoms with E-state index in [1.807, 2.05) is 13.0 Å². The molecule has 0 saturated carbocycles. The van der Waals surface area contributed by atoms with Gasteiger partial charge in [0.05, 0.1) is 0 Å². The van der Waals surface area contributed by atoms with Crippen molar-refractivity contribution in [1.29, 1.82) is 0 Å². The maximum Gasteiger partial charge on any atom is 0.0398 e. The molecule has 1 rings (SSSR count). The zero-order chi connectivity index (χ0) is 8.27. The van der Waals surface area contributed by atoms with Gasteiger partial charge in [-0.2, -0.15) is 0 Å². The van der Waals surface area contributed by atoms with Crippen molar-refractivity contribution in [2.45, 2.75) is 6.92 Å². The van der Waals surface area contributed by atoms with Crippen LogP contribution in [0, 0.1) is 6.92 Å². The molecular weight excluding hydrogens is 140 g/mol. The molecule has 0 aliphatic carbocycles. The SMILES string of the molecule is Cc1cc(N)cc(N=[N+]=[N-])c1. The molecule has 4 nitrogen and oxygen atoms in total. The van der Waals surface area contributed by atoms with Gasteiger partial charge in [-0.25, -0.2) is 0 Å². The molecule has 0 spiro atoms. The van der Waals surface area contributed by atoms with Crippen LogP contribution in [0.4, 0.5) is 11.4 Å². The number of aryl methyl sites for hydroxylation is 1. The Morgan fingerprint density at radius 3 is 2.73 bits per heavy atom. The number of nitrogens with zero attached hydrogens (tertiary/aromatic N) is 3. The predicted octanol–water partition coefficient (Wildman–Crippen LogP) is 2.52. The molecule has 0 atom stereocenters. The molecule has 1 aromatic carbocycles. The van der Waals surface area contributed by atoms with Crippen molar-refractivity contribution in [2.24, 2.45) is 5.11 Å². The highest BCUT2D eigenvalue weighted by Crippen LogP contribution is 2.18. The summed E-state index contributed by atoms with van der Waals surface area (Å²) in [5, 5.41) is 3.43. The molecule has 0 fully saturated rings. The summed E-state index contributed by atoms with van der Waals surface area (Å²) in [5.74, 6) is 0. The normalized spacial score (nSPS) is 8.82. The smallest absolute Gasteiger partial charge is 0.0398 e. The zero-order valence-electron chi connectivity index (χ0n) is 6.15. The molecule has 0 aliphatic heterocycles. The summed E-state index contributed by atoms with van der Waals surface area (Å²) < 4.78 is 0. The molecule has 1 aromatic rings. The van der Waals surface area contributed by atoms with Gasteiger partial charge in [-0.3, -0.25) is 0 Å². The monoisotopic (exact) mass is 148 g/mol. The van der Waals surface area contributed by atoms with Gasteiger partial charge in [-0.05, 0) is 36.2 Å². The van der Waals surface area contributed by atoms with Crippen molar-refractivity contribution < 1.29 is 0 Å². The number of anilines is 1. The Morgan fingerprint density at radius 1 is 1.45 bits per heavy atom. The third-order valence-corrected chi connectivity index (χ3v) is 1.24. The lowest BCUT2D eigenvalue weighted by Gasteiger charge is -1.97. The van der Waals surface area contributed by atoms with Gasteiger partial charge in [-0.15, -0.1) is 0 Å². The van der Waals surface area contributed by atoms with E-state index in [2.05, 4.69) is 10.0 Å². The Bertz CT molecular complexity index is 292. The summed E-state index contributed by atoms with van der Waals surface area (Å²) >= 11 is 0. The maximum atomic E-state index is 8.12. The van der Waals surface area contributed by atoms with Crippen LogP contribution in [0.1, 0.15) is 5.56 Å². The summed E-state index contributed by atoms with van der Waals surface area (Å²) in [6.45, 7) is 1.90. The van der Waals surface area contributed by atoms with Gasteiger partial charge < -0.3 is 5.73 Å². The summed E-state index contributed by atoms with van der Waals surface area (Å²) in [7, 11) is 0. The Labute approximate surface area is 64.3 Å². The molecule has 56 valence electrons. The first-order valence-electron chi connectivity index (χ1n) is 3.14. The fraction of sp³-hybridized carbons (Fsp3) is 0.143. The quantitative estimate of drug-likeness (QED) is 0.282. The van der Waals surface area contributed by atoms with Gasteiger partial charge in [0.2, 0.25) is 0 Å². The molecule has 0 bridgehead atoms. The van der Waals surface area contributed by atoms with Crippen molar-refractivity contribution >= 4 is 11.4 Å². The van der Waals surface area contributed by atoms with Crippen molar-refractivity contribution in [3.8, 4) is 0 Å². The lowest BCUT2D eigenvalue weighted by molar-refractivity contribution is 1.41. The van der Waals surface area contributed by atoms with Crippen LogP contribution in [0.3, 0.4) is 0 Å². The molecule has 4 heteroatoms. The number of hydrogen-bond donors (Lipinski definition) is 1. The zero-order valence-corrected chi connectivity index (χ0v) is 6.15. The molecule has 0 saturated heterocycles. The highest BCUT2D eigenvalue weighted by Gasteiger charge is 1.91. The molecule has 11 heavy (non-hydrogen) atoms. The summed E-state index contributed by atoms with van der Waals surface area (Å²) in [6.07, 6.45) is 0. The Hall–Kier alpha value is -1.67. The average Bonchev–Trinajstić information content (AvgIpc) is 1.85. The molecule has 0 radical (unpaired) electrons. The van der Waals surface area contributed by atoms with Gasteiger partial charge in [-0.1, -0.05) is 5.11 Å². The Balaban J connectivity index is 3.18. The van der Waals surface area contributed by atoms with Gasteiger partial charge in [0.15, 0.2) is 0 Å². The molecule has 0 unspecified atom stereocenters. The van der Waals surface area contributed by atoms with Crippen molar-refractivity contribution in [2.75, 3.05) is 5.73 Å². The fourth-order valence-corrected chi connectivity index (χ4v) is 0.901. The minimum atomic E-state index is 0.560. The molecule has 0 amide bonds. The number of nitrogens with two attached hydrogens (primary N) is 1. The lowest BCUT2D eigenvalue weighted by Crippen LogP contribution is -1.83. The third kappa shape index (κ3) is 1.88. The molecule has 0 aliphatic rings. The van der Waals surface area contributed by atoms with E-state index >= 15 is 0 Å². The molecule has 0 aromatic heterocycles. The highest BCUT2D eigenvalue weighted by atomic mass is 15.1. The van der Waals surface area contributed by atoms with Gasteiger partial charge >= 0.3 is 0 Å². The van der Waals surface area contributed by atoms with E-state index in [1.165, 1.54) is 0 Å². The van der Waals surface area contributed by atoms with Gasteiger partial charge in [0.1, 0.15) is 0 Å². The second-order valence-corrected chi connectivity index (χ2v) is 2.29. The van der Waals surface area contributed by atoms with E-state index in [0.717, 1.165) is 5.56 Å². The topological polar surface area (TPSA) is 74.8 Å². The van der Waals surface area contributed by atoms with E-state index < -0.39 is 0 Å². The van der Waals surface area contributed by atoms with Crippen molar-refractivity contribution in [3.05, 3.63) is 34.2 Å². The largest absolute Gasteiger partial charge is 0.399 e. The van der Waals surface area contributed by atoms with Gasteiger partial charge in [0, 0.05) is 16.3 Å². The number of azide groups is 1. The first kappa shape index (κ1) is 7.44. The van der Waals surface area contributed by atoms with Crippen LogP contribution in [-0.2, 0) is 0 Å². The van der Waals surface area contributed by atoms with E-state index in [1.54, 1.807) is 12.1 Å². The standard InChI is InChI=1S/C7H8N4/c1-5-2-6(8)4-7(3-5)10-11-9/h2-4H,8H2,1H3. The second-order valence-electron chi connectivity index (χ2n) is 2.29. The van der Waals surface area contributed by atoms with E-state index in [4.69, 9.17) is 11.3 Å². The van der Waals surface area contributed by atoms with E-state index in [-0.39, 0.29) is 0 Å². The number of hydrogen-bond acceptors (Lipinski definition) is 2. The van der Waals surface area contributed by atoms with Crippen LogP contribution >= 0.6 is 0 Å². The average molecular weight is 148 g/mol. The van der Waals surface area contributed by atoms with E-state index in [0.29, 0.717) is 11.4 Å². The Morgan fingerprint density at radius 2 is 2.18 bits per heavy atom. The lowest BCUT2D eigenvalue weighted by atomic mass is 10.2. The maximum absolute atomic E-state index is 8.12. The minimum Gasteiger partial charge on any atom is -0.399 e. The van der Waals surface area contributed by atoms with Gasteiger partial charge in [0.25, 0.3) is 0 Å². The Kier molecular flexibility index (Phi) is 1.99. The van der Waals surface area contributed by atoms with Crippen molar-refractivity contribution in [3.63, 3.8) is 0 Å². The first-order valence-corrected chi connectivity index (χ1v) is 3.14. The van der Waals surface area contributed by atoms with Crippen LogP contribution in [0.2, 0.25) is 0 Å². The van der Waals surface area contributed by atoms with Crippen LogP contribution in [-0.4, -0.2) is 0 Å². The van der Waals surface area contributed by atoms with Crippen LogP contribution in [0.25, 0.3) is 10.4 Å². The fourth-order valence-electron chi connectivity index (χ4n) is 0.901. The van der Waals surface area contributed by atoms with Crippen molar-refractivity contribution in [1.82, 2.24) is 0 Å². The van der Waals surface area contributed by atoms with E-state index in [9.17, 15) is 0 Å². The highest BCUT2D eigenvalue weighted by molar-refractivity contribution is 5.53. The number of nitrogen functional groups attached to an aromatic ring is 1. The second kappa shape index (κ2) is 2.94. The van der Waals surface area contributed by atoms with Crippen LogP contribution < -0.4 is 5.73 Å². The number of rotatable bonds is 1. The predicted molar refractivity (Wildman–Crippen MR) is 44.4 cm³/mol. The third-order valence-electron chi connectivity index (χ3n) is 1.24. The molecule has 0 heterocycles. The minimum absolute atomic E-state index is 0.560. The molecular formula is C7H8N4. The van der Waals surface area contributed by atoms with Crippen LogP contribution in [0.15, 0.2) is 23.3 Å². The van der Waals surface area contributed by atoms with Crippen LogP contribution in [0.5, 0.6) is 0 Å². The first-order chi connectivity index (χ1) is 5.22. The summed E-state index contributed by atoms with van der Waals surface area (Å²) in [5.41, 5.74) is 15.8. The summed E-state index contributed by atoms with van der Waals surface area (Å²) in [4.78, 5) is 2.66. The summed E-state index contributed by atoms with van der Waals surface area (Å²) in [6, 6.07) is 5.22. The number of benzene rings is 1.